The maximum absolute atomic E-state index is 13.1. The predicted molar refractivity (Wildman–Crippen MR) is 72.1 cm³/mol. The van der Waals surface area contributed by atoms with Gasteiger partial charge in [-0.25, -0.2) is 9.18 Å². The number of esters is 1. The van der Waals surface area contributed by atoms with Crippen LogP contribution >= 0.6 is 15.9 Å². The van der Waals surface area contributed by atoms with Crippen molar-refractivity contribution in [3.63, 3.8) is 0 Å². The van der Waals surface area contributed by atoms with E-state index in [0.29, 0.717) is 16.0 Å². The van der Waals surface area contributed by atoms with E-state index in [1.807, 2.05) is 0 Å². The topological polar surface area (TPSA) is 35.5 Å². The van der Waals surface area contributed by atoms with Crippen molar-refractivity contribution < 1.29 is 18.7 Å². The lowest BCUT2D eigenvalue weighted by Gasteiger charge is -2.06. The molecular formula is C14H10BrFO3. The molecule has 0 spiro atoms. The zero-order valence-electron chi connectivity index (χ0n) is 10.0. The summed E-state index contributed by atoms with van der Waals surface area (Å²) in [7, 11) is 1.55. The van der Waals surface area contributed by atoms with Gasteiger partial charge in [-0.2, -0.15) is 0 Å². The summed E-state index contributed by atoms with van der Waals surface area (Å²) < 4.78 is 23.7. The molecule has 0 radical (unpaired) electrons. The fraction of sp³-hybridized carbons (Fsp3) is 0.0714. The van der Waals surface area contributed by atoms with Gasteiger partial charge in [0.1, 0.15) is 17.3 Å². The number of halogens is 2. The van der Waals surface area contributed by atoms with Crippen LogP contribution in [0.3, 0.4) is 0 Å². The zero-order valence-corrected chi connectivity index (χ0v) is 11.6. The second-order valence-corrected chi connectivity index (χ2v) is 4.54. The number of benzene rings is 2. The van der Waals surface area contributed by atoms with Crippen LogP contribution in [0, 0.1) is 5.82 Å². The monoisotopic (exact) mass is 324 g/mol. The van der Waals surface area contributed by atoms with Gasteiger partial charge in [0.05, 0.1) is 12.7 Å². The van der Waals surface area contributed by atoms with Gasteiger partial charge in [-0.05, 0) is 58.4 Å². The molecule has 98 valence electrons. The average molecular weight is 325 g/mol. The lowest BCUT2D eigenvalue weighted by Crippen LogP contribution is -2.09. The van der Waals surface area contributed by atoms with E-state index < -0.39 is 11.8 Å². The Hall–Kier alpha value is -1.88. The van der Waals surface area contributed by atoms with Crippen molar-refractivity contribution in [1.29, 1.82) is 0 Å². The molecule has 0 saturated carbocycles. The van der Waals surface area contributed by atoms with Crippen LogP contribution in [-0.2, 0) is 0 Å². The summed E-state index contributed by atoms with van der Waals surface area (Å²) in [4.78, 5) is 11.9. The molecule has 2 aromatic carbocycles. The third kappa shape index (κ3) is 3.32. The van der Waals surface area contributed by atoms with E-state index in [9.17, 15) is 9.18 Å². The molecule has 0 aliphatic heterocycles. The molecule has 0 unspecified atom stereocenters. The lowest BCUT2D eigenvalue weighted by molar-refractivity contribution is 0.0733. The summed E-state index contributed by atoms with van der Waals surface area (Å²) in [6, 6.07) is 10.4. The molecule has 0 saturated heterocycles. The molecule has 3 nitrogen and oxygen atoms in total. The Balaban J connectivity index is 2.18. The first-order valence-electron chi connectivity index (χ1n) is 5.41. The first-order valence-corrected chi connectivity index (χ1v) is 6.21. The molecule has 0 aliphatic rings. The molecule has 0 N–H and O–H groups in total. The molecule has 0 heterocycles. The van der Waals surface area contributed by atoms with Crippen LogP contribution in [0.4, 0.5) is 4.39 Å². The normalized spacial score (nSPS) is 10.1. The standard InChI is InChI=1S/C14H10BrFO3/c1-18-10-3-5-11(6-4-10)19-14(17)12-8-9(16)2-7-13(12)15/h2-8H,1H3. The third-order valence-electron chi connectivity index (χ3n) is 2.42. The Kier molecular flexibility index (Phi) is 4.16. The Morgan fingerprint density at radius 2 is 1.74 bits per heavy atom. The predicted octanol–water partition coefficient (Wildman–Crippen LogP) is 3.82. The summed E-state index contributed by atoms with van der Waals surface area (Å²) in [6.45, 7) is 0. The number of ether oxygens (including phenoxy) is 2. The van der Waals surface area contributed by atoms with E-state index in [0.717, 1.165) is 6.07 Å². The number of hydrogen-bond acceptors (Lipinski definition) is 3. The van der Waals surface area contributed by atoms with Gasteiger partial charge in [-0.1, -0.05) is 0 Å². The molecule has 2 rings (SSSR count). The van der Waals surface area contributed by atoms with Gasteiger partial charge < -0.3 is 9.47 Å². The van der Waals surface area contributed by atoms with E-state index >= 15 is 0 Å². The minimum Gasteiger partial charge on any atom is -0.497 e. The lowest BCUT2D eigenvalue weighted by atomic mass is 10.2. The number of carbonyl (C=O) groups is 1. The van der Waals surface area contributed by atoms with E-state index in [4.69, 9.17) is 9.47 Å². The molecule has 2 aromatic rings. The van der Waals surface area contributed by atoms with E-state index in [2.05, 4.69) is 15.9 Å². The first kappa shape index (κ1) is 13.5. The van der Waals surface area contributed by atoms with Gasteiger partial charge >= 0.3 is 5.97 Å². The molecule has 19 heavy (non-hydrogen) atoms. The van der Waals surface area contributed by atoms with Gasteiger partial charge in [0, 0.05) is 4.47 Å². The van der Waals surface area contributed by atoms with Crippen molar-refractivity contribution in [3.05, 3.63) is 58.3 Å². The summed E-state index contributed by atoms with van der Waals surface area (Å²) in [6.07, 6.45) is 0. The summed E-state index contributed by atoms with van der Waals surface area (Å²) in [5.41, 5.74) is 0.135. The summed E-state index contributed by atoms with van der Waals surface area (Å²) in [5, 5.41) is 0. The van der Waals surface area contributed by atoms with E-state index in [-0.39, 0.29) is 5.56 Å². The zero-order chi connectivity index (χ0) is 13.8. The number of rotatable bonds is 3. The second kappa shape index (κ2) is 5.84. The largest absolute Gasteiger partial charge is 0.497 e. The molecule has 0 aliphatic carbocycles. The first-order chi connectivity index (χ1) is 9.10. The summed E-state index contributed by atoms with van der Waals surface area (Å²) in [5.74, 6) is -0.102. The van der Waals surface area contributed by atoms with Crippen LogP contribution in [-0.4, -0.2) is 13.1 Å². The van der Waals surface area contributed by atoms with Gasteiger partial charge in [0.15, 0.2) is 0 Å². The van der Waals surface area contributed by atoms with Gasteiger partial charge in [-0.15, -0.1) is 0 Å². The quantitative estimate of drug-likeness (QED) is 0.636. The van der Waals surface area contributed by atoms with Crippen LogP contribution in [0.2, 0.25) is 0 Å². The number of carbonyl (C=O) groups excluding carboxylic acids is 1. The fourth-order valence-corrected chi connectivity index (χ4v) is 1.87. The van der Waals surface area contributed by atoms with Crippen LogP contribution < -0.4 is 9.47 Å². The molecule has 5 heteroatoms. The van der Waals surface area contributed by atoms with Crippen LogP contribution in [0.5, 0.6) is 11.5 Å². The van der Waals surface area contributed by atoms with Crippen LogP contribution in [0.15, 0.2) is 46.9 Å². The van der Waals surface area contributed by atoms with E-state index in [1.54, 1.807) is 31.4 Å². The van der Waals surface area contributed by atoms with Gasteiger partial charge in [0.2, 0.25) is 0 Å². The maximum Gasteiger partial charge on any atom is 0.344 e. The molecule has 0 amide bonds. The minimum atomic E-state index is -0.628. The highest BCUT2D eigenvalue weighted by Gasteiger charge is 2.13. The maximum atomic E-state index is 13.1. The summed E-state index contributed by atoms with van der Waals surface area (Å²) >= 11 is 3.18. The SMILES string of the molecule is COc1ccc(OC(=O)c2cc(F)ccc2Br)cc1. The van der Waals surface area contributed by atoms with Crippen LogP contribution in [0.25, 0.3) is 0 Å². The number of hydrogen-bond donors (Lipinski definition) is 0. The van der Waals surface area contributed by atoms with Crippen molar-refractivity contribution in [2.24, 2.45) is 0 Å². The number of methoxy groups -OCH3 is 1. The molecule has 0 aromatic heterocycles. The molecule has 0 atom stereocenters. The molecule has 0 fully saturated rings. The average Bonchev–Trinajstić information content (AvgIpc) is 2.42. The van der Waals surface area contributed by atoms with Crippen molar-refractivity contribution in [2.45, 2.75) is 0 Å². The molecular weight excluding hydrogens is 315 g/mol. The van der Waals surface area contributed by atoms with Crippen LogP contribution in [0.1, 0.15) is 10.4 Å². The highest BCUT2D eigenvalue weighted by Crippen LogP contribution is 2.22. The third-order valence-corrected chi connectivity index (χ3v) is 3.11. The minimum absolute atomic E-state index is 0.135. The van der Waals surface area contributed by atoms with Crippen molar-refractivity contribution in [3.8, 4) is 11.5 Å². The Bertz CT molecular complexity index is 596. The van der Waals surface area contributed by atoms with Gasteiger partial charge in [0.25, 0.3) is 0 Å². The van der Waals surface area contributed by atoms with Crippen molar-refractivity contribution >= 4 is 21.9 Å². The van der Waals surface area contributed by atoms with Crippen molar-refractivity contribution in [1.82, 2.24) is 0 Å². The van der Waals surface area contributed by atoms with Gasteiger partial charge in [-0.3, -0.25) is 0 Å². The molecule has 0 bridgehead atoms. The Labute approximate surface area is 118 Å². The Morgan fingerprint density at radius 3 is 2.37 bits per heavy atom. The smallest absolute Gasteiger partial charge is 0.344 e. The second-order valence-electron chi connectivity index (χ2n) is 3.69. The van der Waals surface area contributed by atoms with E-state index in [1.165, 1.54) is 12.1 Å². The van der Waals surface area contributed by atoms with Crippen molar-refractivity contribution in [2.75, 3.05) is 7.11 Å². The highest BCUT2D eigenvalue weighted by molar-refractivity contribution is 9.10. The Morgan fingerprint density at radius 1 is 1.11 bits per heavy atom. The fourth-order valence-electron chi connectivity index (χ4n) is 1.46. The highest BCUT2D eigenvalue weighted by atomic mass is 79.9.